The van der Waals surface area contributed by atoms with E-state index in [1.807, 2.05) is 0 Å². The Morgan fingerprint density at radius 2 is 1.94 bits per heavy atom. The van der Waals surface area contributed by atoms with Gasteiger partial charge < -0.3 is 15.5 Å². The maximum absolute atomic E-state index is 10.4. The number of halogens is 3. The molecule has 0 heterocycles. The van der Waals surface area contributed by atoms with E-state index < -0.39 is 12.1 Å². The van der Waals surface area contributed by atoms with Gasteiger partial charge in [0.05, 0.1) is 28.3 Å². The van der Waals surface area contributed by atoms with E-state index in [1.54, 1.807) is 12.1 Å². The third-order valence-electron chi connectivity index (χ3n) is 1.93. The lowest BCUT2D eigenvalue weighted by Gasteiger charge is -2.13. The van der Waals surface area contributed by atoms with E-state index >= 15 is 0 Å². The molecule has 0 aliphatic rings. The van der Waals surface area contributed by atoms with Gasteiger partial charge in [-0.25, -0.2) is 0 Å². The minimum Gasteiger partial charge on any atom is -0.481 e. The summed E-state index contributed by atoms with van der Waals surface area (Å²) in [5, 5.41) is 21.5. The Bertz CT molecular complexity index is 405. The van der Waals surface area contributed by atoms with Crippen molar-refractivity contribution in [3.8, 4) is 0 Å². The number of carboxylic acids is 1. The van der Waals surface area contributed by atoms with Gasteiger partial charge in [-0.15, -0.1) is 0 Å². The van der Waals surface area contributed by atoms with Crippen LogP contribution in [-0.4, -0.2) is 28.8 Å². The van der Waals surface area contributed by atoms with Gasteiger partial charge in [-0.2, -0.15) is 0 Å². The Labute approximate surface area is 117 Å². The minimum absolute atomic E-state index is 0.0629. The molecule has 0 amide bonds. The van der Waals surface area contributed by atoms with Crippen molar-refractivity contribution in [3.63, 3.8) is 0 Å². The van der Waals surface area contributed by atoms with Crippen LogP contribution in [0.25, 0.3) is 0 Å². The van der Waals surface area contributed by atoms with Crippen LogP contribution < -0.4 is 5.32 Å². The smallest absolute Gasteiger partial charge is 0.306 e. The Morgan fingerprint density at radius 1 is 1.41 bits per heavy atom. The van der Waals surface area contributed by atoms with Crippen LogP contribution in [-0.2, 0) is 4.79 Å². The summed E-state index contributed by atoms with van der Waals surface area (Å²) in [6.45, 7) is 0.0629. The molecule has 0 aliphatic heterocycles. The average molecular weight is 343 g/mol. The molecule has 0 fully saturated rings. The van der Waals surface area contributed by atoms with Gasteiger partial charge in [0.2, 0.25) is 0 Å². The zero-order valence-electron chi connectivity index (χ0n) is 8.58. The van der Waals surface area contributed by atoms with E-state index in [2.05, 4.69) is 21.2 Å². The first kappa shape index (κ1) is 14.6. The lowest BCUT2D eigenvalue weighted by molar-refractivity contribution is -0.138. The molecule has 1 aromatic carbocycles. The fourth-order valence-electron chi connectivity index (χ4n) is 1.20. The molecular weight excluding hydrogens is 333 g/mol. The molecule has 0 spiro atoms. The molecule has 0 bridgehead atoms. The lowest BCUT2D eigenvalue weighted by atomic mass is 10.2. The summed E-state index contributed by atoms with van der Waals surface area (Å²) < 4.78 is 0.740. The van der Waals surface area contributed by atoms with Crippen LogP contribution in [0, 0.1) is 0 Å². The quantitative estimate of drug-likeness (QED) is 0.769. The van der Waals surface area contributed by atoms with Gasteiger partial charge in [-0.3, -0.25) is 4.79 Å². The molecule has 0 saturated carbocycles. The van der Waals surface area contributed by atoms with Crippen LogP contribution in [0.2, 0.25) is 10.0 Å². The van der Waals surface area contributed by atoms with Crippen molar-refractivity contribution in [1.29, 1.82) is 0 Å². The van der Waals surface area contributed by atoms with Gasteiger partial charge in [0.15, 0.2) is 0 Å². The van der Waals surface area contributed by atoms with Gasteiger partial charge in [0, 0.05) is 11.0 Å². The van der Waals surface area contributed by atoms with Crippen molar-refractivity contribution < 1.29 is 15.0 Å². The SMILES string of the molecule is O=C(O)CC(O)CNc1c(Cl)cc(Br)cc1Cl. The number of aliphatic carboxylic acids is 1. The maximum Gasteiger partial charge on any atom is 0.306 e. The molecule has 1 rings (SSSR count). The Hall–Kier alpha value is -0.490. The van der Waals surface area contributed by atoms with Crippen molar-refractivity contribution in [2.45, 2.75) is 12.5 Å². The molecule has 0 aliphatic carbocycles. The standard InChI is InChI=1S/C10H10BrCl2NO3/c11-5-1-7(12)10(8(13)2-5)14-4-6(15)3-9(16)17/h1-2,6,14-15H,3-4H2,(H,16,17). The number of hydrogen-bond acceptors (Lipinski definition) is 3. The van der Waals surface area contributed by atoms with Crippen molar-refractivity contribution in [2.24, 2.45) is 0 Å². The van der Waals surface area contributed by atoms with Crippen molar-refractivity contribution >= 4 is 50.8 Å². The molecule has 0 aromatic heterocycles. The Balaban J connectivity index is 2.66. The summed E-state index contributed by atoms with van der Waals surface area (Å²) in [6, 6.07) is 3.30. The Kier molecular flexibility index (Phi) is 5.52. The highest BCUT2D eigenvalue weighted by Gasteiger charge is 2.12. The first-order valence-corrected chi connectivity index (χ1v) is 6.23. The number of hydrogen-bond donors (Lipinski definition) is 3. The molecule has 1 atom stereocenters. The minimum atomic E-state index is -1.06. The fraction of sp³-hybridized carbons (Fsp3) is 0.300. The average Bonchev–Trinajstić information content (AvgIpc) is 2.14. The van der Waals surface area contributed by atoms with E-state index in [4.69, 9.17) is 28.3 Å². The maximum atomic E-state index is 10.4. The summed E-state index contributed by atoms with van der Waals surface area (Å²) >= 11 is 15.1. The summed E-state index contributed by atoms with van der Waals surface area (Å²) in [4.78, 5) is 10.4. The van der Waals surface area contributed by atoms with Gasteiger partial charge >= 0.3 is 5.97 Å². The monoisotopic (exact) mass is 341 g/mol. The fourth-order valence-corrected chi connectivity index (χ4v) is 2.55. The lowest BCUT2D eigenvalue weighted by Crippen LogP contribution is -2.22. The second kappa shape index (κ2) is 6.44. The predicted octanol–water partition coefficient (Wildman–Crippen LogP) is 3.00. The first-order chi connectivity index (χ1) is 7.90. The molecule has 4 nitrogen and oxygen atoms in total. The molecule has 1 unspecified atom stereocenters. The number of anilines is 1. The van der Waals surface area contributed by atoms with Crippen molar-refractivity contribution in [1.82, 2.24) is 0 Å². The third-order valence-corrected chi connectivity index (χ3v) is 2.99. The molecule has 17 heavy (non-hydrogen) atoms. The highest BCUT2D eigenvalue weighted by atomic mass is 79.9. The van der Waals surface area contributed by atoms with E-state index in [-0.39, 0.29) is 13.0 Å². The molecule has 94 valence electrons. The number of aliphatic hydroxyl groups excluding tert-OH is 1. The number of carbonyl (C=O) groups is 1. The number of rotatable bonds is 5. The number of carboxylic acid groups (broad SMARTS) is 1. The molecule has 0 saturated heterocycles. The van der Waals surface area contributed by atoms with Crippen LogP contribution in [0.3, 0.4) is 0 Å². The molecule has 0 radical (unpaired) electrons. The predicted molar refractivity (Wildman–Crippen MR) is 70.9 cm³/mol. The number of benzene rings is 1. The summed E-state index contributed by atoms with van der Waals surface area (Å²) in [5.74, 6) is -1.06. The highest BCUT2D eigenvalue weighted by Crippen LogP contribution is 2.33. The summed E-state index contributed by atoms with van der Waals surface area (Å²) in [5.41, 5.74) is 0.473. The van der Waals surface area contributed by atoms with E-state index in [1.165, 1.54) is 0 Å². The zero-order chi connectivity index (χ0) is 13.0. The first-order valence-electron chi connectivity index (χ1n) is 4.68. The zero-order valence-corrected chi connectivity index (χ0v) is 11.7. The molecular formula is C10H10BrCl2NO3. The molecule has 7 heteroatoms. The second-order valence-electron chi connectivity index (χ2n) is 3.38. The van der Waals surface area contributed by atoms with Gasteiger partial charge in [0.1, 0.15) is 0 Å². The number of aliphatic hydroxyl groups is 1. The van der Waals surface area contributed by atoms with E-state index in [0.29, 0.717) is 15.7 Å². The summed E-state index contributed by atoms with van der Waals surface area (Å²) in [6.07, 6.45) is -1.33. The van der Waals surface area contributed by atoms with Crippen LogP contribution in [0.4, 0.5) is 5.69 Å². The van der Waals surface area contributed by atoms with Crippen LogP contribution in [0.5, 0.6) is 0 Å². The normalized spacial score (nSPS) is 12.2. The van der Waals surface area contributed by atoms with Crippen LogP contribution >= 0.6 is 39.1 Å². The van der Waals surface area contributed by atoms with E-state index in [9.17, 15) is 9.90 Å². The van der Waals surface area contributed by atoms with Gasteiger partial charge in [-0.05, 0) is 12.1 Å². The van der Waals surface area contributed by atoms with Crippen molar-refractivity contribution in [3.05, 3.63) is 26.7 Å². The van der Waals surface area contributed by atoms with Crippen molar-refractivity contribution in [2.75, 3.05) is 11.9 Å². The van der Waals surface area contributed by atoms with E-state index in [0.717, 1.165) is 4.47 Å². The van der Waals surface area contributed by atoms with Crippen LogP contribution in [0.15, 0.2) is 16.6 Å². The van der Waals surface area contributed by atoms with Gasteiger partial charge in [-0.1, -0.05) is 39.1 Å². The van der Waals surface area contributed by atoms with Crippen LogP contribution in [0.1, 0.15) is 6.42 Å². The summed E-state index contributed by atoms with van der Waals surface area (Å²) in [7, 11) is 0. The topological polar surface area (TPSA) is 69.6 Å². The number of nitrogens with one attached hydrogen (secondary N) is 1. The molecule has 1 aromatic rings. The van der Waals surface area contributed by atoms with Gasteiger partial charge in [0.25, 0.3) is 0 Å². The highest BCUT2D eigenvalue weighted by molar-refractivity contribution is 9.10. The largest absolute Gasteiger partial charge is 0.481 e. The third kappa shape index (κ3) is 4.71. The second-order valence-corrected chi connectivity index (χ2v) is 5.11. The Morgan fingerprint density at radius 3 is 2.41 bits per heavy atom. The molecule has 3 N–H and O–H groups in total.